The Morgan fingerprint density at radius 3 is 2.29 bits per heavy atom. The van der Waals surface area contributed by atoms with Gasteiger partial charge in [-0.25, -0.2) is 0 Å². The number of rotatable bonds is 16. The number of aliphatic hydroxyl groups is 2. The van der Waals surface area contributed by atoms with Crippen molar-refractivity contribution in [1.82, 2.24) is 16.0 Å². The van der Waals surface area contributed by atoms with Crippen LogP contribution in [0.2, 0.25) is 0 Å². The van der Waals surface area contributed by atoms with Gasteiger partial charge in [-0.05, 0) is 17.9 Å². The lowest BCUT2D eigenvalue weighted by Crippen LogP contribution is -2.65. The second-order valence-electron chi connectivity index (χ2n) is 10.2. The molecule has 0 unspecified atom stereocenters. The lowest BCUT2D eigenvalue weighted by atomic mass is 9.96. The standard InChI is InChI=1S/C27H40N4O11/c1-14(2)21(26(39)30-17(25(28)38)9-10-20(35)36)31-19(34)13-40-24-22(29-15(3)33)27(42-18(11-32)23(24)37)41-12-16-7-5-4-6-8-16/h4-8,14,17-18,21-24,27,32,37H,9-13H2,1-3H3,(H2,28,38)(H,29,33)(H,30,39)(H,31,34)(H,35,36)/t17-,18-,21-,22-,23-,24-,27+/m1/s1. The molecule has 2 rings (SSSR count). The fraction of sp³-hybridized carbons (Fsp3) is 0.593. The highest BCUT2D eigenvalue weighted by atomic mass is 16.7. The molecule has 1 aliphatic heterocycles. The van der Waals surface area contributed by atoms with Crippen LogP contribution in [0.3, 0.4) is 0 Å². The Kier molecular flexibility index (Phi) is 13.8. The topological polar surface area (TPSA) is 236 Å². The van der Waals surface area contributed by atoms with Crippen LogP contribution < -0.4 is 21.7 Å². The molecule has 0 spiro atoms. The molecule has 7 atom stereocenters. The largest absolute Gasteiger partial charge is 0.481 e. The van der Waals surface area contributed by atoms with Crippen molar-refractivity contribution in [2.45, 2.75) is 82.9 Å². The van der Waals surface area contributed by atoms with E-state index in [9.17, 15) is 34.2 Å². The van der Waals surface area contributed by atoms with Crippen molar-refractivity contribution in [3.8, 4) is 0 Å². The third-order valence-corrected chi connectivity index (χ3v) is 6.46. The third-order valence-electron chi connectivity index (χ3n) is 6.46. The van der Waals surface area contributed by atoms with Gasteiger partial charge in [-0.3, -0.25) is 24.0 Å². The molecule has 234 valence electrons. The first kappa shape index (κ1) is 34.6. The number of aliphatic hydroxyl groups excluding tert-OH is 2. The van der Waals surface area contributed by atoms with Gasteiger partial charge in [0.2, 0.25) is 23.6 Å². The normalized spacial score (nSPS) is 23.4. The molecule has 1 saturated heterocycles. The minimum absolute atomic E-state index is 0.0764. The summed E-state index contributed by atoms with van der Waals surface area (Å²) in [7, 11) is 0. The van der Waals surface area contributed by atoms with E-state index in [0.29, 0.717) is 0 Å². The van der Waals surface area contributed by atoms with E-state index in [2.05, 4.69) is 16.0 Å². The molecule has 1 aliphatic rings. The fourth-order valence-corrected chi connectivity index (χ4v) is 4.29. The number of carboxylic acids is 1. The predicted molar refractivity (Wildman–Crippen MR) is 145 cm³/mol. The summed E-state index contributed by atoms with van der Waals surface area (Å²) in [4.78, 5) is 60.3. The molecule has 1 heterocycles. The van der Waals surface area contributed by atoms with Crippen LogP contribution in [0.25, 0.3) is 0 Å². The first-order chi connectivity index (χ1) is 19.8. The number of hydrogen-bond acceptors (Lipinski definition) is 10. The summed E-state index contributed by atoms with van der Waals surface area (Å²) in [5.74, 6) is -4.59. The maximum absolute atomic E-state index is 12.9. The number of nitrogens with one attached hydrogen (secondary N) is 3. The number of hydrogen-bond donors (Lipinski definition) is 7. The highest BCUT2D eigenvalue weighted by Crippen LogP contribution is 2.25. The number of carbonyl (C=O) groups is 5. The predicted octanol–water partition coefficient (Wildman–Crippen LogP) is -1.85. The van der Waals surface area contributed by atoms with Gasteiger partial charge >= 0.3 is 5.97 Å². The van der Waals surface area contributed by atoms with Crippen LogP contribution in [0.4, 0.5) is 0 Å². The zero-order valence-corrected chi connectivity index (χ0v) is 23.7. The Morgan fingerprint density at radius 1 is 1.07 bits per heavy atom. The molecule has 8 N–H and O–H groups in total. The molecule has 0 aromatic heterocycles. The van der Waals surface area contributed by atoms with Gasteiger partial charge in [-0.15, -0.1) is 0 Å². The molecule has 42 heavy (non-hydrogen) atoms. The second-order valence-corrected chi connectivity index (χ2v) is 10.2. The Labute approximate surface area is 243 Å². The maximum atomic E-state index is 12.9. The van der Waals surface area contributed by atoms with Crippen LogP contribution in [-0.4, -0.2) is 101 Å². The number of carboxylic acid groups (broad SMARTS) is 1. The van der Waals surface area contributed by atoms with Crippen molar-refractivity contribution in [2.24, 2.45) is 11.7 Å². The Balaban J connectivity index is 2.12. The van der Waals surface area contributed by atoms with Crippen molar-refractivity contribution < 1.29 is 53.5 Å². The number of amides is 4. The number of benzene rings is 1. The fourth-order valence-electron chi connectivity index (χ4n) is 4.29. The third kappa shape index (κ3) is 10.6. The minimum atomic E-state index is -1.47. The summed E-state index contributed by atoms with van der Waals surface area (Å²) in [6.07, 6.45) is -5.68. The van der Waals surface area contributed by atoms with E-state index in [1.54, 1.807) is 13.8 Å². The molecule has 1 fully saturated rings. The van der Waals surface area contributed by atoms with Gasteiger partial charge in [-0.1, -0.05) is 44.2 Å². The van der Waals surface area contributed by atoms with Gasteiger partial charge in [0.05, 0.1) is 13.2 Å². The molecule has 1 aromatic carbocycles. The van der Waals surface area contributed by atoms with E-state index in [4.69, 9.17) is 25.1 Å². The lowest BCUT2D eigenvalue weighted by Gasteiger charge is -2.44. The van der Waals surface area contributed by atoms with Gasteiger partial charge in [0.25, 0.3) is 0 Å². The van der Waals surface area contributed by atoms with Crippen LogP contribution in [0.5, 0.6) is 0 Å². The molecule has 15 nitrogen and oxygen atoms in total. The number of primary amides is 1. The first-order valence-corrected chi connectivity index (χ1v) is 13.4. The lowest BCUT2D eigenvalue weighted by molar-refractivity contribution is -0.279. The number of carbonyl (C=O) groups excluding carboxylic acids is 4. The van der Waals surface area contributed by atoms with E-state index < -0.39 is 97.9 Å². The van der Waals surface area contributed by atoms with E-state index in [0.717, 1.165) is 5.56 Å². The number of nitrogens with two attached hydrogens (primary N) is 1. The Bertz CT molecular complexity index is 1070. The summed E-state index contributed by atoms with van der Waals surface area (Å²) in [6.45, 7) is 3.31. The molecule has 0 aliphatic carbocycles. The van der Waals surface area contributed by atoms with Crippen LogP contribution in [-0.2, 0) is 44.8 Å². The molecular weight excluding hydrogens is 556 g/mol. The van der Waals surface area contributed by atoms with E-state index in [1.807, 2.05) is 30.3 Å². The molecule has 4 amide bonds. The van der Waals surface area contributed by atoms with Gasteiger partial charge in [0, 0.05) is 13.3 Å². The minimum Gasteiger partial charge on any atom is -0.481 e. The molecule has 0 saturated carbocycles. The van der Waals surface area contributed by atoms with E-state index in [1.165, 1.54) is 6.92 Å². The molecular formula is C27H40N4O11. The van der Waals surface area contributed by atoms with Crippen LogP contribution in [0.15, 0.2) is 30.3 Å². The van der Waals surface area contributed by atoms with Gasteiger partial charge in [-0.2, -0.15) is 0 Å². The average Bonchev–Trinajstić information content (AvgIpc) is 2.93. The van der Waals surface area contributed by atoms with Gasteiger partial charge in [0.1, 0.15) is 43.0 Å². The summed E-state index contributed by atoms with van der Waals surface area (Å²) in [5, 5.41) is 36.9. The number of ether oxygens (including phenoxy) is 3. The summed E-state index contributed by atoms with van der Waals surface area (Å²) in [6, 6.07) is 5.59. The van der Waals surface area contributed by atoms with Crippen molar-refractivity contribution in [1.29, 1.82) is 0 Å². The summed E-state index contributed by atoms with van der Waals surface area (Å²) >= 11 is 0. The van der Waals surface area contributed by atoms with Gasteiger partial charge in [0.15, 0.2) is 6.29 Å². The van der Waals surface area contributed by atoms with Crippen LogP contribution in [0, 0.1) is 5.92 Å². The van der Waals surface area contributed by atoms with Crippen molar-refractivity contribution in [3.63, 3.8) is 0 Å². The van der Waals surface area contributed by atoms with Crippen LogP contribution in [0.1, 0.15) is 39.2 Å². The second kappa shape index (κ2) is 16.7. The zero-order valence-electron chi connectivity index (χ0n) is 23.7. The van der Waals surface area contributed by atoms with Crippen molar-refractivity contribution >= 4 is 29.6 Å². The van der Waals surface area contributed by atoms with Crippen LogP contribution >= 0.6 is 0 Å². The van der Waals surface area contributed by atoms with Gasteiger partial charge < -0.3 is 51.2 Å². The molecule has 0 radical (unpaired) electrons. The maximum Gasteiger partial charge on any atom is 0.303 e. The Hall–Kier alpha value is -3.63. The monoisotopic (exact) mass is 596 g/mol. The highest BCUT2D eigenvalue weighted by Gasteiger charge is 2.47. The van der Waals surface area contributed by atoms with Crippen molar-refractivity contribution in [2.75, 3.05) is 13.2 Å². The average molecular weight is 597 g/mol. The highest BCUT2D eigenvalue weighted by molar-refractivity contribution is 5.92. The summed E-state index contributed by atoms with van der Waals surface area (Å²) in [5.41, 5.74) is 6.08. The number of aliphatic carboxylic acids is 1. The molecule has 15 heteroatoms. The van der Waals surface area contributed by atoms with E-state index >= 15 is 0 Å². The molecule has 1 aromatic rings. The van der Waals surface area contributed by atoms with Crippen molar-refractivity contribution in [3.05, 3.63) is 35.9 Å². The smallest absolute Gasteiger partial charge is 0.303 e. The quantitative estimate of drug-likeness (QED) is 0.112. The SMILES string of the molecule is CC(=O)N[C@H]1[C@@H](OCc2ccccc2)O[C@H](CO)[C@@H](O)[C@@H]1OCC(=O)N[C@@H](C(=O)N[C@H](CCC(=O)O)C(N)=O)C(C)C. The van der Waals surface area contributed by atoms with E-state index in [-0.39, 0.29) is 13.0 Å². The Morgan fingerprint density at radius 2 is 1.74 bits per heavy atom. The summed E-state index contributed by atoms with van der Waals surface area (Å²) < 4.78 is 17.3. The first-order valence-electron chi connectivity index (χ1n) is 13.4. The molecule has 0 bridgehead atoms. The zero-order chi connectivity index (χ0) is 31.4.